The van der Waals surface area contributed by atoms with Crippen LogP contribution in [0.2, 0.25) is 0 Å². The number of carbonyl (C=O) groups excluding carboxylic acids is 1. The molecule has 1 aromatic carbocycles. The van der Waals surface area contributed by atoms with Gasteiger partial charge in [0.05, 0.1) is 19.7 Å². The number of amides is 1. The summed E-state index contributed by atoms with van der Waals surface area (Å²) in [6.45, 7) is 0.340. The first kappa shape index (κ1) is 16.7. The maximum absolute atomic E-state index is 12.7. The molecule has 0 radical (unpaired) electrons. The van der Waals surface area contributed by atoms with Crippen molar-refractivity contribution in [1.29, 1.82) is 0 Å². The fourth-order valence-electron chi connectivity index (χ4n) is 3.59. The first-order valence-corrected chi connectivity index (χ1v) is 8.60. The zero-order chi connectivity index (χ0) is 17.1. The van der Waals surface area contributed by atoms with E-state index in [0.717, 1.165) is 35.2 Å². The molecule has 5 heteroatoms. The molecular weight excluding hydrogens is 304 g/mol. The Morgan fingerprint density at radius 2 is 1.96 bits per heavy atom. The molecule has 1 saturated carbocycles. The molecule has 0 saturated heterocycles. The van der Waals surface area contributed by atoms with Gasteiger partial charge in [-0.15, -0.1) is 0 Å². The van der Waals surface area contributed by atoms with Crippen molar-refractivity contribution in [2.75, 3.05) is 21.3 Å². The van der Waals surface area contributed by atoms with Crippen LogP contribution in [0.25, 0.3) is 10.9 Å². The van der Waals surface area contributed by atoms with Crippen LogP contribution in [0.1, 0.15) is 32.1 Å². The van der Waals surface area contributed by atoms with Crippen molar-refractivity contribution >= 4 is 16.8 Å². The molecule has 3 rings (SSSR count). The molecule has 1 aromatic heterocycles. The first-order valence-electron chi connectivity index (χ1n) is 8.60. The van der Waals surface area contributed by atoms with Crippen LogP contribution in [0.3, 0.4) is 0 Å². The molecule has 1 amide bonds. The Morgan fingerprint density at radius 3 is 2.62 bits per heavy atom. The predicted octanol–water partition coefficient (Wildman–Crippen LogP) is 3.45. The number of rotatable bonds is 5. The van der Waals surface area contributed by atoms with E-state index in [1.54, 1.807) is 14.2 Å². The van der Waals surface area contributed by atoms with Crippen molar-refractivity contribution in [1.82, 2.24) is 9.47 Å². The van der Waals surface area contributed by atoms with Gasteiger partial charge in [-0.2, -0.15) is 0 Å². The van der Waals surface area contributed by atoms with E-state index in [0.29, 0.717) is 12.6 Å². The number of nitrogens with zero attached hydrogens (tertiary/aromatic N) is 2. The van der Waals surface area contributed by atoms with Gasteiger partial charge in [0.1, 0.15) is 18.0 Å². The van der Waals surface area contributed by atoms with E-state index in [4.69, 9.17) is 9.47 Å². The summed E-state index contributed by atoms with van der Waals surface area (Å²) in [5.41, 5.74) is 0.955. The largest absolute Gasteiger partial charge is 0.497 e. The molecule has 1 heterocycles. The number of carbonyl (C=O) groups is 1. The number of benzene rings is 1. The highest BCUT2D eigenvalue weighted by Gasteiger charge is 2.22. The van der Waals surface area contributed by atoms with Gasteiger partial charge < -0.3 is 18.9 Å². The van der Waals surface area contributed by atoms with Gasteiger partial charge in [0.15, 0.2) is 0 Å². The lowest BCUT2D eigenvalue weighted by Crippen LogP contribution is -2.40. The summed E-state index contributed by atoms with van der Waals surface area (Å²) in [6.07, 6.45) is 7.93. The summed E-state index contributed by atoms with van der Waals surface area (Å²) in [6, 6.07) is 6.19. The monoisotopic (exact) mass is 330 g/mol. The molecule has 5 nitrogen and oxygen atoms in total. The van der Waals surface area contributed by atoms with Gasteiger partial charge in [0, 0.05) is 36.8 Å². The van der Waals surface area contributed by atoms with Gasteiger partial charge in [0.25, 0.3) is 0 Å². The molecule has 2 aromatic rings. The van der Waals surface area contributed by atoms with E-state index in [1.807, 2.05) is 40.9 Å². The highest BCUT2D eigenvalue weighted by atomic mass is 16.5. The van der Waals surface area contributed by atoms with Crippen LogP contribution in [0.5, 0.6) is 11.5 Å². The lowest BCUT2D eigenvalue weighted by molar-refractivity contribution is -0.133. The highest BCUT2D eigenvalue weighted by molar-refractivity contribution is 5.89. The second kappa shape index (κ2) is 7.16. The third-order valence-corrected chi connectivity index (χ3v) is 5.10. The van der Waals surface area contributed by atoms with Crippen LogP contribution in [-0.2, 0) is 11.3 Å². The van der Waals surface area contributed by atoms with E-state index in [2.05, 4.69) is 0 Å². The van der Waals surface area contributed by atoms with Crippen LogP contribution in [0.15, 0.2) is 24.4 Å². The standard InChI is InChI=1S/C19H26N2O3/c1-20(14-7-5-4-6-8-14)19(22)13-21-10-9-16-17(21)11-15(23-2)12-18(16)24-3/h9-12,14H,4-8,13H2,1-3H3. The average molecular weight is 330 g/mol. The number of aromatic nitrogens is 1. The third-order valence-electron chi connectivity index (χ3n) is 5.10. The van der Waals surface area contributed by atoms with Gasteiger partial charge in [0.2, 0.25) is 5.91 Å². The van der Waals surface area contributed by atoms with Gasteiger partial charge in [-0.25, -0.2) is 0 Å². The van der Waals surface area contributed by atoms with Crippen LogP contribution < -0.4 is 9.47 Å². The second-order valence-corrected chi connectivity index (χ2v) is 6.50. The maximum atomic E-state index is 12.7. The van der Waals surface area contributed by atoms with Crippen molar-refractivity contribution < 1.29 is 14.3 Å². The van der Waals surface area contributed by atoms with E-state index in [1.165, 1.54) is 19.3 Å². The third kappa shape index (κ3) is 3.21. The highest BCUT2D eigenvalue weighted by Crippen LogP contribution is 2.32. The molecule has 1 aliphatic rings. The van der Waals surface area contributed by atoms with Crippen LogP contribution in [-0.4, -0.2) is 42.7 Å². The Labute approximate surface area is 143 Å². The van der Waals surface area contributed by atoms with Gasteiger partial charge >= 0.3 is 0 Å². The quantitative estimate of drug-likeness (QED) is 0.843. The zero-order valence-electron chi connectivity index (χ0n) is 14.7. The number of fused-ring (bicyclic) bond motifs is 1. The van der Waals surface area contributed by atoms with Crippen molar-refractivity contribution in [3.8, 4) is 11.5 Å². The summed E-state index contributed by atoms with van der Waals surface area (Å²) in [7, 11) is 5.22. The Hall–Kier alpha value is -2.17. The fraction of sp³-hybridized carbons (Fsp3) is 0.526. The summed E-state index contributed by atoms with van der Waals surface area (Å²) < 4.78 is 12.8. The number of likely N-dealkylation sites (N-methyl/N-ethyl adjacent to an activating group) is 1. The van der Waals surface area contributed by atoms with Crippen molar-refractivity contribution in [2.24, 2.45) is 0 Å². The smallest absolute Gasteiger partial charge is 0.242 e. The molecule has 0 bridgehead atoms. The molecule has 0 aliphatic heterocycles. The number of hydrogen-bond donors (Lipinski definition) is 0. The predicted molar refractivity (Wildman–Crippen MR) is 94.7 cm³/mol. The summed E-state index contributed by atoms with van der Waals surface area (Å²) in [5, 5.41) is 0.992. The maximum Gasteiger partial charge on any atom is 0.242 e. The minimum Gasteiger partial charge on any atom is -0.497 e. The van der Waals surface area contributed by atoms with Crippen molar-refractivity contribution in [3.63, 3.8) is 0 Å². The number of ether oxygens (including phenoxy) is 2. The van der Waals surface area contributed by atoms with E-state index >= 15 is 0 Å². The van der Waals surface area contributed by atoms with Gasteiger partial charge in [-0.05, 0) is 18.9 Å². The van der Waals surface area contributed by atoms with Crippen molar-refractivity contribution in [3.05, 3.63) is 24.4 Å². The van der Waals surface area contributed by atoms with Crippen molar-refractivity contribution in [2.45, 2.75) is 44.7 Å². The molecule has 24 heavy (non-hydrogen) atoms. The van der Waals surface area contributed by atoms with Gasteiger partial charge in [-0.3, -0.25) is 4.79 Å². The van der Waals surface area contributed by atoms with Gasteiger partial charge in [-0.1, -0.05) is 19.3 Å². The normalized spacial score (nSPS) is 15.5. The minimum absolute atomic E-state index is 0.154. The summed E-state index contributed by atoms with van der Waals surface area (Å²) in [5.74, 6) is 1.64. The molecule has 0 unspecified atom stereocenters. The lowest BCUT2D eigenvalue weighted by Gasteiger charge is -2.31. The molecule has 130 valence electrons. The SMILES string of the molecule is COc1cc(OC)c2ccn(CC(=O)N(C)C3CCCCC3)c2c1. The molecule has 0 spiro atoms. The average Bonchev–Trinajstić information content (AvgIpc) is 3.03. The Kier molecular flexibility index (Phi) is 4.97. The van der Waals surface area contributed by atoms with Crippen LogP contribution in [0.4, 0.5) is 0 Å². The topological polar surface area (TPSA) is 43.7 Å². The second-order valence-electron chi connectivity index (χ2n) is 6.50. The minimum atomic E-state index is 0.154. The number of methoxy groups -OCH3 is 2. The van der Waals surface area contributed by atoms with E-state index in [9.17, 15) is 4.79 Å². The Bertz CT molecular complexity index is 717. The molecule has 0 N–H and O–H groups in total. The molecule has 0 atom stereocenters. The summed E-state index contributed by atoms with van der Waals surface area (Å²) in [4.78, 5) is 14.6. The van der Waals surface area contributed by atoms with Crippen LogP contribution in [0, 0.1) is 0 Å². The zero-order valence-corrected chi connectivity index (χ0v) is 14.7. The molecule has 1 fully saturated rings. The Balaban J connectivity index is 1.82. The van der Waals surface area contributed by atoms with Crippen LogP contribution >= 0.6 is 0 Å². The lowest BCUT2D eigenvalue weighted by atomic mass is 9.94. The van der Waals surface area contributed by atoms with E-state index < -0.39 is 0 Å². The number of hydrogen-bond acceptors (Lipinski definition) is 3. The molecule has 1 aliphatic carbocycles. The fourth-order valence-corrected chi connectivity index (χ4v) is 3.59. The first-order chi connectivity index (χ1) is 11.6. The van der Waals surface area contributed by atoms with E-state index in [-0.39, 0.29) is 5.91 Å². The Morgan fingerprint density at radius 1 is 1.21 bits per heavy atom. The summed E-state index contributed by atoms with van der Waals surface area (Å²) >= 11 is 0. The molecular formula is C19H26N2O3.